The molecule has 35 heavy (non-hydrogen) atoms. The first-order valence-corrected chi connectivity index (χ1v) is 12.0. The number of ether oxygens (including phenoxy) is 1. The summed E-state index contributed by atoms with van der Waals surface area (Å²) in [5, 5.41) is 21.3. The number of piperidine rings is 1. The lowest BCUT2D eigenvalue weighted by Gasteiger charge is -2.37. The second-order valence-electron chi connectivity index (χ2n) is 8.94. The third-order valence-electron chi connectivity index (χ3n) is 5.93. The predicted molar refractivity (Wildman–Crippen MR) is 138 cm³/mol. The Morgan fingerprint density at radius 2 is 2.00 bits per heavy atom. The number of non-ortho nitro benzene ring substituents is 1. The Balaban J connectivity index is 1.57. The van der Waals surface area contributed by atoms with Gasteiger partial charge >= 0.3 is 0 Å². The number of nitrogens with one attached hydrogen (secondary N) is 3. The number of aromatic nitrogens is 2. The molecule has 1 aliphatic heterocycles. The van der Waals surface area contributed by atoms with E-state index >= 15 is 0 Å². The molecule has 1 aliphatic rings. The molecule has 3 atom stereocenters. The van der Waals surface area contributed by atoms with E-state index in [0.29, 0.717) is 22.4 Å². The molecule has 0 amide bonds. The molecule has 1 aromatic heterocycles. The van der Waals surface area contributed by atoms with Crippen LogP contribution in [0.2, 0.25) is 5.02 Å². The van der Waals surface area contributed by atoms with E-state index in [4.69, 9.17) is 16.3 Å². The topological polar surface area (TPSA) is 114 Å². The van der Waals surface area contributed by atoms with Crippen LogP contribution in [0.3, 0.4) is 0 Å². The van der Waals surface area contributed by atoms with Crippen LogP contribution < -0.4 is 16.0 Å². The Hall–Kier alpha value is -3.27. The van der Waals surface area contributed by atoms with Crippen LogP contribution in [0.1, 0.15) is 38.7 Å². The lowest BCUT2D eigenvalue weighted by atomic mass is 9.81. The molecule has 0 bridgehead atoms. The van der Waals surface area contributed by atoms with Crippen molar-refractivity contribution >= 4 is 40.4 Å². The number of halogens is 1. The Labute approximate surface area is 209 Å². The van der Waals surface area contributed by atoms with Gasteiger partial charge in [-0.05, 0) is 49.8 Å². The highest BCUT2D eigenvalue weighted by Gasteiger charge is 2.31. The molecule has 0 spiro atoms. The summed E-state index contributed by atoms with van der Waals surface area (Å²) in [7, 11) is 0. The van der Waals surface area contributed by atoms with Gasteiger partial charge in [-0.2, -0.15) is 4.98 Å². The minimum atomic E-state index is -0.448. The van der Waals surface area contributed by atoms with Crippen LogP contribution in [0.5, 0.6) is 0 Å². The first-order chi connectivity index (χ1) is 16.8. The molecule has 4 rings (SSSR count). The lowest BCUT2D eigenvalue weighted by molar-refractivity contribution is -0.384. The quantitative estimate of drug-likeness (QED) is 0.257. The van der Waals surface area contributed by atoms with Crippen molar-refractivity contribution in [3.63, 3.8) is 0 Å². The highest BCUT2D eigenvalue weighted by Crippen LogP contribution is 2.38. The monoisotopic (exact) mass is 496 g/mol. The van der Waals surface area contributed by atoms with Crippen molar-refractivity contribution in [2.24, 2.45) is 5.92 Å². The van der Waals surface area contributed by atoms with E-state index in [2.05, 4.69) is 38.9 Å². The first-order valence-electron chi connectivity index (χ1n) is 11.6. The molecule has 0 aliphatic carbocycles. The van der Waals surface area contributed by atoms with Crippen molar-refractivity contribution in [1.82, 2.24) is 15.3 Å². The molecule has 2 aromatic carbocycles. The molecule has 0 saturated carbocycles. The van der Waals surface area contributed by atoms with Gasteiger partial charge in [0, 0.05) is 30.1 Å². The van der Waals surface area contributed by atoms with Gasteiger partial charge in [0.1, 0.15) is 11.3 Å². The number of anilines is 4. The number of hydrogen-bond donors (Lipinski definition) is 3. The van der Waals surface area contributed by atoms with Crippen molar-refractivity contribution in [1.29, 1.82) is 0 Å². The Morgan fingerprint density at radius 3 is 2.77 bits per heavy atom. The van der Waals surface area contributed by atoms with Gasteiger partial charge in [-0.3, -0.25) is 15.4 Å². The Bertz CT molecular complexity index is 1190. The van der Waals surface area contributed by atoms with Gasteiger partial charge in [-0.25, -0.2) is 4.98 Å². The predicted octanol–water partition coefficient (Wildman–Crippen LogP) is 5.99. The van der Waals surface area contributed by atoms with Crippen molar-refractivity contribution in [2.75, 3.05) is 17.2 Å². The molecular weight excluding hydrogens is 468 g/mol. The lowest BCUT2D eigenvalue weighted by Crippen LogP contribution is -2.44. The zero-order valence-electron chi connectivity index (χ0n) is 19.9. The molecule has 3 aromatic rings. The van der Waals surface area contributed by atoms with Gasteiger partial charge in [-0.15, -0.1) is 0 Å². The number of nitro groups is 1. The number of para-hydroxylation sites is 1. The highest BCUT2D eigenvalue weighted by atomic mass is 35.5. The van der Waals surface area contributed by atoms with Crippen molar-refractivity contribution in [3.8, 4) is 0 Å². The summed E-state index contributed by atoms with van der Waals surface area (Å²) in [4.78, 5) is 19.4. The van der Waals surface area contributed by atoms with Gasteiger partial charge in [0.25, 0.3) is 5.69 Å². The normalized spacial score (nSPS) is 20.0. The second-order valence-corrected chi connectivity index (χ2v) is 9.34. The Morgan fingerprint density at radius 1 is 1.20 bits per heavy atom. The average Bonchev–Trinajstić information content (AvgIpc) is 2.83. The number of benzene rings is 2. The van der Waals surface area contributed by atoms with Crippen molar-refractivity contribution < 1.29 is 9.66 Å². The van der Waals surface area contributed by atoms with Gasteiger partial charge < -0.3 is 15.4 Å². The molecular formula is C25H29ClN6O3. The average molecular weight is 497 g/mol. The van der Waals surface area contributed by atoms with Crippen LogP contribution in [-0.4, -0.2) is 33.8 Å². The smallest absolute Gasteiger partial charge is 0.271 e. The van der Waals surface area contributed by atoms with Gasteiger partial charge in [0.15, 0.2) is 5.82 Å². The van der Waals surface area contributed by atoms with Crippen molar-refractivity contribution in [3.05, 3.63) is 75.4 Å². The largest absolute Gasteiger partial charge is 0.361 e. The summed E-state index contributed by atoms with van der Waals surface area (Å²) in [6.07, 6.45) is 2.50. The fourth-order valence-electron chi connectivity index (χ4n) is 4.27. The molecule has 2 heterocycles. The van der Waals surface area contributed by atoms with E-state index in [-0.39, 0.29) is 29.9 Å². The van der Waals surface area contributed by atoms with E-state index in [1.165, 1.54) is 23.9 Å². The zero-order chi connectivity index (χ0) is 24.9. The third-order valence-corrected chi connectivity index (χ3v) is 6.21. The Kier molecular flexibility index (Phi) is 7.80. The van der Waals surface area contributed by atoms with Crippen LogP contribution in [0, 0.1) is 16.0 Å². The molecule has 9 nitrogen and oxygen atoms in total. The summed E-state index contributed by atoms with van der Waals surface area (Å²) in [5.41, 5.74) is 2.57. The third kappa shape index (κ3) is 6.25. The molecule has 10 heteroatoms. The summed E-state index contributed by atoms with van der Waals surface area (Å²) in [6.45, 7) is 7.18. The maximum Gasteiger partial charge on any atom is 0.271 e. The molecule has 0 radical (unpaired) electrons. The number of nitrogens with zero attached hydrogens (tertiary/aromatic N) is 3. The highest BCUT2D eigenvalue weighted by molar-refractivity contribution is 6.32. The van der Waals surface area contributed by atoms with E-state index in [1.54, 1.807) is 12.1 Å². The number of nitro benzene ring substituents is 1. The minimum Gasteiger partial charge on any atom is -0.361 e. The van der Waals surface area contributed by atoms with Gasteiger partial charge in [0.05, 0.1) is 17.2 Å². The fraction of sp³-hybridized carbons (Fsp3) is 0.360. The number of hydrogen-bond acceptors (Lipinski definition) is 8. The fourth-order valence-corrected chi connectivity index (χ4v) is 4.41. The second kappa shape index (κ2) is 11.0. The maximum atomic E-state index is 11.1. The summed E-state index contributed by atoms with van der Waals surface area (Å²) in [6, 6.07) is 14.3. The molecule has 184 valence electrons. The van der Waals surface area contributed by atoms with E-state index in [9.17, 15) is 10.1 Å². The summed E-state index contributed by atoms with van der Waals surface area (Å²) >= 11 is 6.43. The zero-order valence-corrected chi connectivity index (χ0v) is 20.6. The van der Waals surface area contributed by atoms with E-state index < -0.39 is 4.92 Å². The molecule has 1 fully saturated rings. The van der Waals surface area contributed by atoms with Crippen LogP contribution in [0.25, 0.3) is 0 Å². The van der Waals surface area contributed by atoms with E-state index in [0.717, 1.165) is 18.7 Å². The van der Waals surface area contributed by atoms with Crippen LogP contribution in [0.4, 0.5) is 28.8 Å². The standard InChI is InChI=1S/C25H29ClN6O3/c1-15(2)35-23-12-20(16(3)13-27-23)19-9-4-5-10-22(19)30-24-21(26)14-28-25(31-24)29-17-7-6-8-18(11-17)32(33)34/h4-11,14-16,20,23,27H,12-13H2,1-3H3,(H2,28,29,30,31). The van der Waals surface area contributed by atoms with Crippen LogP contribution >= 0.6 is 11.6 Å². The number of rotatable bonds is 8. The molecule has 1 saturated heterocycles. The molecule has 3 unspecified atom stereocenters. The summed E-state index contributed by atoms with van der Waals surface area (Å²) < 4.78 is 6.04. The maximum absolute atomic E-state index is 11.1. The van der Waals surface area contributed by atoms with Crippen molar-refractivity contribution in [2.45, 2.75) is 45.4 Å². The SMILES string of the molecule is CC(C)OC1CC(c2ccccc2Nc2nc(Nc3cccc([N+](=O)[O-])c3)ncc2Cl)C(C)CN1. The minimum absolute atomic E-state index is 0.00220. The van der Waals surface area contributed by atoms with Gasteiger partial charge in [0.2, 0.25) is 5.95 Å². The van der Waals surface area contributed by atoms with Crippen LogP contribution in [-0.2, 0) is 4.74 Å². The first kappa shape index (κ1) is 24.8. The molecule has 3 N–H and O–H groups in total. The summed E-state index contributed by atoms with van der Waals surface area (Å²) in [5.74, 6) is 1.41. The van der Waals surface area contributed by atoms with E-state index in [1.807, 2.05) is 32.0 Å². The van der Waals surface area contributed by atoms with Crippen LogP contribution in [0.15, 0.2) is 54.7 Å². The van der Waals surface area contributed by atoms with Gasteiger partial charge in [-0.1, -0.05) is 42.8 Å².